The number of carbonyl (C=O) groups is 3. The van der Waals surface area contributed by atoms with Crippen LogP contribution in [0, 0.1) is 6.92 Å². The van der Waals surface area contributed by atoms with Gasteiger partial charge in [0.2, 0.25) is 5.91 Å². The van der Waals surface area contributed by atoms with Gasteiger partial charge >= 0.3 is 0 Å². The molecule has 1 amide bonds. The second kappa shape index (κ2) is 11.6. The van der Waals surface area contributed by atoms with E-state index >= 15 is 0 Å². The van der Waals surface area contributed by atoms with Crippen LogP contribution in [0.15, 0.2) is 42.5 Å². The van der Waals surface area contributed by atoms with Crippen molar-refractivity contribution in [2.45, 2.75) is 37.7 Å². The third kappa shape index (κ3) is 5.58. The molecule has 0 aliphatic heterocycles. The summed E-state index contributed by atoms with van der Waals surface area (Å²) in [5.74, 6) is -0.517. The Kier molecular flexibility index (Phi) is 8.83. The Morgan fingerprint density at radius 3 is 2.36 bits per heavy atom. The number of hydrogen-bond donors (Lipinski definition) is 5. The number of halogens is 1. The Labute approximate surface area is 211 Å². The van der Waals surface area contributed by atoms with E-state index in [4.69, 9.17) is 21.4 Å². The second-order valence-corrected chi connectivity index (χ2v) is 8.67. The summed E-state index contributed by atoms with van der Waals surface area (Å²) in [6.07, 6.45) is -5.48. The minimum absolute atomic E-state index is 0.221. The number of nitrogens with zero attached hydrogens (tertiary/aromatic N) is 1. The summed E-state index contributed by atoms with van der Waals surface area (Å²) >= 11 is 5.94. The molecular weight excluding hydrogens is 492 g/mol. The third-order valence-electron chi connectivity index (χ3n) is 5.95. The SMILES string of the molecule is COc1ccc2c(c1)c(CC(=O)N[C@H](C=O)[C@@H](O)[C@H](O)[C@H](O)CO)c(C)n2C(=O)c1ccc(Cl)cc1. The molecule has 0 saturated carbocycles. The van der Waals surface area contributed by atoms with Crippen molar-refractivity contribution in [1.82, 2.24) is 9.88 Å². The van der Waals surface area contributed by atoms with Crippen molar-refractivity contribution in [3.05, 3.63) is 64.3 Å². The van der Waals surface area contributed by atoms with E-state index in [0.717, 1.165) is 0 Å². The molecule has 0 aliphatic rings. The second-order valence-electron chi connectivity index (χ2n) is 8.23. The van der Waals surface area contributed by atoms with Crippen LogP contribution in [0.5, 0.6) is 5.75 Å². The third-order valence-corrected chi connectivity index (χ3v) is 6.20. The zero-order valence-electron chi connectivity index (χ0n) is 19.6. The van der Waals surface area contributed by atoms with Crippen molar-refractivity contribution >= 4 is 40.6 Å². The first-order valence-corrected chi connectivity index (χ1v) is 11.4. The molecule has 0 saturated heterocycles. The number of aliphatic hydroxyl groups excluding tert-OH is 4. The zero-order valence-corrected chi connectivity index (χ0v) is 20.3. The average molecular weight is 519 g/mol. The van der Waals surface area contributed by atoms with E-state index in [1.807, 2.05) is 0 Å². The molecule has 2 aromatic carbocycles. The molecule has 3 aromatic rings. The number of aldehydes is 1. The van der Waals surface area contributed by atoms with Crippen molar-refractivity contribution < 1.29 is 39.5 Å². The summed E-state index contributed by atoms with van der Waals surface area (Å²) in [7, 11) is 1.48. The normalized spacial score (nSPS) is 14.6. The van der Waals surface area contributed by atoms with Gasteiger partial charge in [0, 0.05) is 21.7 Å². The molecule has 4 atom stereocenters. The van der Waals surface area contributed by atoms with Gasteiger partial charge in [0.1, 0.15) is 36.4 Å². The summed E-state index contributed by atoms with van der Waals surface area (Å²) in [4.78, 5) is 37.7. The van der Waals surface area contributed by atoms with Crippen molar-refractivity contribution in [1.29, 1.82) is 0 Å². The molecule has 0 radical (unpaired) electrons. The van der Waals surface area contributed by atoms with E-state index in [0.29, 0.717) is 38.5 Å². The predicted molar refractivity (Wildman–Crippen MR) is 131 cm³/mol. The van der Waals surface area contributed by atoms with Gasteiger partial charge in [-0.25, -0.2) is 0 Å². The molecule has 10 nitrogen and oxygen atoms in total. The fraction of sp³-hybridized carbons (Fsp3) is 0.320. The molecule has 5 N–H and O–H groups in total. The van der Waals surface area contributed by atoms with E-state index in [-0.39, 0.29) is 18.6 Å². The molecule has 0 spiro atoms. The highest BCUT2D eigenvalue weighted by atomic mass is 35.5. The lowest BCUT2D eigenvalue weighted by Crippen LogP contribution is -2.53. The lowest BCUT2D eigenvalue weighted by molar-refractivity contribution is -0.130. The minimum Gasteiger partial charge on any atom is -0.497 e. The Balaban J connectivity index is 1.97. The highest BCUT2D eigenvalue weighted by molar-refractivity contribution is 6.30. The number of aromatic nitrogens is 1. The van der Waals surface area contributed by atoms with Crippen molar-refractivity contribution in [3.8, 4) is 5.75 Å². The van der Waals surface area contributed by atoms with Gasteiger partial charge in [-0.1, -0.05) is 11.6 Å². The van der Waals surface area contributed by atoms with Crippen molar-refractivity contribution in [2.75, 3.05) is 13.7 Å². The van der Waals surface area contributed by atoms with Crippen LogP contribution in [-0.4, -0.2) is 81.2 Å². The fourth-order valence-corrected chi connectivity index (χ4v) is 4.07. The van der Waals surface area contributed by atoms with Crippen molar-refractivity contribution in [2.24, 2.45) is 0 Å². The van der Waals surface area contributed by atoms with Crippen LogP contribution in [0.4, 0.5) is 0 Å². The zero-order chi connectivity index (χ0) is 26.6. The molecule has 0 fully saturated rings. The van der Waals surface area contributed by atoms with Crippen LogP contribution in [0.3, 0.4) is 0 Å². The first-order valence-electron chi connectivity index (χ1n) is 11.0. The number of benzene rings is 2. The lowest BCUT2D eigenvalue weighted by atomic mass is 10.0. The number of ether oxygens (including phenoxy) is 1. The van der Waals surface area contributed by atoms with Gasteiger partial charge in [-0.3, -0.25) is 14.2 Å². The lowest BCUT2D eigenvalue weighted by Gasteiger charge is -2.26. The van der Waals surface area contributed by atoms with Crippen LogP contribution in [0.25, 0.3) is 10.9 Å². The number of fused-ring (bicyclic) bond motifs is 1. The maximum atomic E-state index is 13.4. The standard InChI is InChI=1S/C25H27ClN2O8/c1-13-17(10-22(32)27-19(11-29)23(33)24(34)21(31)12-30)18-9-16(36-2)7-8-20(18)28(13)25(35)14-3-5-15(26)6-4-14/h3-9,11,19,21,23-24,30-31,33-34H,10,12H2,1-2H3,(H,27,32)/t19-,21-,23-,24-/m1/s1. The summed E-state index contributed by atoms with van der Waals surface area (Å²) in [6.45, 7) is 0.830. The van der Waals surface area contributed by atoms with Gasteiger partial charge in [0.05, 0.1) is 25.7 Å². The van der Waals surface area contributed by atoms with Gasteiger partial charge in [-0.05, 0) is 55.0 Å². The smallest absolute Gasteiger partial charge is 0.262 e. The number of hydrogen-bond acceptors (Lipinski definition) is 8. The Morgan fingerprint density at radius 2 is 1.78 bits per heavy atom. The van der Waals surface area contributed by atoms with Gasteiger partial charge < -0.3 is 35.3 Å². The molecule has 11 heteroatoms. The van der Waals surface area contributed by atoms with Gasteiger partial charge in [-0.15, -0.1) is 0 Å². The maximum absolute atomic E-state index is 13.4. The number of carbonyl (C=O) groups excluding carboxylic acids is 3. The molecule has 1 aromatic heterocycles. The van der Waals surface area contributed by atoms with Gasteiger partial charge in [-0.2, -0.15) is 0 Å². The highest BCUT2D eigenvalue weighted by Gasteiger charge is 2.32. The summed E-state index contributed by atoms with van der Waals surface area (Å²) in [5.41, 5.74) is 1.88. The number of nitrogens with one attached hydrogen (secondary N) is 1. The molecule has 0 aliphatic carbocycles. The topological polar surface area (TPSA) is 158 Å². The number of rotatable bonds is 10. The van der Waals surface area contributed by atoms with Crippen LogP contribution in [0.2, 0.25) is 5.02 Å². The Bertz CT molecular complexity index is 1260. The van der Waals surface area contributed by atoms with E-state index in [1.165, 1.54) is 11.7 Å². The van der Waals surface area contributed by atoms with E-state index in [9.17, 15) is 29.7 Å². The Hall–Kier alpha value is -3.28. The van der Waals surface area contributed by atoms with Crippen molar-refractivity contribution in [3.63, 3.8) is 0 Å². The van der Waals surface area contributed by atoms with E-state index < -0.39 is 36.9 Å². The fourth-order valence-electron chi connectivity index (χ4n) is 3.94. The van der Waals surface area contributed by atoms with Crippen LogP contribution in [0.1, 0.15) is 21.6 Å². The maximum Gasteiger partial charge on any atom is 0.262 e. The van der Waals surface area contributed by atoms with Crippen LogP contribution >= 0.6 is 11.6 Å². The van der Waals surface area contributed by atoms with Crippen LogP contribution in [-0.2, 0) is 16.0 Å². The highest BCUT2D eigenvalue weighted by Crippen LogP contribution is 2.31. The van der Waals surface area contributed by atoms with E-state index in [1.54, 1.807) is 49.4 Å². The summed E-state index contributed by atoms with van der Waals surface area (Å²) < 4.78 is 6.77. The number of aliphatic hydroxyl groups is 4. The largest absolute Gasteiger partial charge is 0.497 e. The molecule has 3 rings (SSSR count). The molecular formula is C25H27ClN2O8. The molecule has 0 bridgehead atoms. The Morgan fingerprint density at radius 1 is 1.11 bits per heavy atom. The first-order chi connectivity index (χ1) is 17.1. The summed E-state index contributed by atoms with van der Waals surface area (Å²) in [5, 5.41) is 41.9. The summed E-state index contributed by atoms with van der Waals surface area (Å²) in [6, 6.07) is 9.89. The average Bonchev–Trinajstić information content (AvgIpc) is 3.15. The van der Waals surface area contributed by atoms with Gasteiger partial charge in [0.25, 0.3) is 5.91 Å². The number of methoxy groups -OCH3 is 1. The van der Waals surface area contributed by atoms with Crippen LogP contribution < -0.4 is 10.1 Å². The monoisotopic (exact) mass is 518 g/mol. The van der Waals surface area contributed by atoms with E-state index in [2.05, 4.69) is 5.32 Å². The minimum atomic E-state index is -1.87. The molecule has 1 heterocycles. The quantitative estimate of drug-likeness (QED) is 0.244. The molecule has 192 valence electrons. The van der Waals surface area contributed by atoms with Gasteiger partial charge in [0.15, 0.2) is 0 Å². The molecule has 36 heavy (non-hydrogen) atoms. The first kappa shape index (κ1) is 27.3. The molecule has 0 unspecified atom stereocenters. The number of amides is 1. The predicted octanol–water partition coefficient (Wildman–Crippen LogP) is 0.601.